The van der Waals surface area contributed by atoms with Crippen LogP contribution >= 0.6 is 0 Å². The Bertz CT molecular complexity index is 1080. The molecule has 4 rings (SSSR count). The summed E-state index contributed by atoms with van der Waals surface area (Å²) >= 11 is 0. The average Bonchev–Trinajstić information content (AvgIpc) is 2.74. The molecule has 0 fully saturated rings. The Balaban J connectivity index is 1.91. The zero-order valence-corrected chi connectivity index (χ0v) is 14.0. The highest BCUT2D eigenvalue weighted by Gasteiger charge is 2.13. The monoisotopic (exact) mass is 333 g/mol. The molecule has 0 saturated carbocycles. The molecule has 0 bridgehead atoms. The molecule has 0 atom stereocenters. The zero-order chi connectivity index (χ0) is 17.8. The standard InChI is InChI=1S/C23H15N3/c1-24-20-14-8-13-19(15-20)21-16-25-22(17-9-4-2-5-10-17)23(26-21)18-11-6-3-7-12-18/h2-16H. The van der Waals surface area contributed by atoms with Crippen LogP contribution in [0.5, 0.6) is 0 Å². The second kappa shape index (κ2) is 7.00. The van der Waals surface area contributed by atoms with Crippen LogP contribution in [-0.2, 0) is 0 Å². The zero-order valence-electron chi connectivity index (χ0n) is 14.0. The second-order valence-corrected chi connectivity index (χ2v) is 5.85. The molecule has 1 heterocycles. The van der Waals surface area contributed by atoms with Gasteiger partial charge in [-0.1, -0.05) is 78.9 Å². The van der Waals surface area contributed by atoms with Gasteiger partial charge in [0.15, 0.2) is 5.69 Å². The van der Waals surface area contributed by atoms with Crippen molar-refractivity contribution in [2.45, 2.75) is 0 Å². The lowest BCUT2D eigenvalue weighted by Gasteiger charge is -2.11. The van der Waals surface area contributed by atoms with E-state index in [4.69, 9.17) is 16.5 Å². The fourth-order valence-corrected chi connectivity index (χ4v) is 2.87. The highest BCUT2D eigenvalue weighted by Crippen LogP contribution is 2.31. The van der Waals surface area contributed by atoms with Crippen LogP contribution in [0.25, 0.3) is 38.6 Å². The molecular formula is C23H15N3. The highest BCUT2D eigenvalue weighted by atomic mass is 14.8. The molecule has 3 aromatic carbocycles. The van der Waals surface area contributed by atoms with Crippen molar-refractivity contribution < 1.29 is 0 Å². The van der Waals surface area contributed by atoms with Gasteiger partial charge >= 0.3 is 0 Å². The van der Waals surface area contributed by atoms with Gasteiger partial charge in [0.1, 0.15) is 0 Å². The molecule has 0 aliphatic rings. The molecule has 0 aliphatic heterocycles. The Morgan fingerprint density at radius 1 is 0.654 bits per heavy atom. The summed E-state index contributed by atoms with van der Waals surface area (Å²) < 4.78 is 0. The van der Waals surface area contributed by atoms with Crippen LogP contribution in [0.3, 0.4) is 0 Å². The minimum Gasteiger partial charge on any atom is -0.252 e. The summed E-state index contributed by atoms with van der Waals surface area (Å²) in [7, 11) is 0. The summed E-state index contributed by atoms with van der Waals surface area (Å²) in [4.78, 5) is 13.1. The topological polar surface area (TPSA) is 30.1 Å². The third-order valence-corrected chi connectivity index (χ3v) is 4.14. The number of hydrogen-bond acceptors (Lipinski definition) is 2. The SMILES string of the molecule is [C-]#[N+]c1cccc(-c2cnc(-c3ccccc3)c(-c3ccccc3)n2)c1. The van der Waals surface area contributed by atoms with Crippen LogP contribution in [0, 0.1) is 6.57 Å². The summed E-state index contributed by atoms with van der Waals surface area (Å²) in [5, 5.41) is 0. The van der Waals surface area contributed by atoms with Crippen molar-refractivity contribution in [1.29, 1.82) is 0 Å². The first-order chi connectivity index (χ1) is 12.8. The Morgan fingerprint density at radius 3 is 1.92 bits per heavy atom. The summed E-state index contributed by atoms with van der Waals surface area (Å²) in [5.41, 5.74) is 5.97. The molecule has 122 valence electrons. The van der Waals surface area contributed by atoms with Crippen molar-refractivity contribution in [2.24, 2.45) is 0 Å². The molecule has 0 unspecified atom stereocenters. The lowest BCUT2D eigenvalue weighted by Crippen LogP contribution is -1.96. The van der Waals surface area contributed by atoms with Crippen molar-refractivity contribution in [3.63, 3.8) is 0 Å². The van der Waals surface area contributed by atoms with Gasteiger partial charge < -0.3 is 0 Å². The van der Waals surface area contributed by atoms with Gasteiger partial charge in [-0.15, -0.1) is 0 Å². The lowest BCUT2D eigenvalue weighted by molar-refractivity contribution is 1.21. The van der Waals surface area contributed by atoms with E-state index in [9.17, 15) is 0 Å². The van der Waals surface area contributed by atoms with Gasteiger partial charge in [0.05, 0.1) is 29.9 Å². The molecule has 3 nitrogen and oxygen atoms in total. The van der Waals surface area contributed by atoms with Crippen LogP contribution in [-0.4, -0.2) is 9.97 Å². The van der Waals surface area contributed by atoms with Gasteiger partial charge in [-0.3, -0.25) is 4.98 Å². The largest absolute Gasteiger partial charge is 0.252 e. The predicted molar refractivity (Wildman–Crippen MR) is 105 cm³/mol. The number of aromatic nitrogens is 2. The van der Waals surface area contributed by atoms with Crippen LogP contribution < -0.4 is 0 Å². The van der Waals surface area contributed by atoms with E-state index in [0.717, 1.165) is 33.8 Å². The minimum absolute atomic E-state index is 0.595. The van der Waals surface area contributed by atoms with E-state index in [-0.39, 0.29) is 0 Å². The molecule has 0 N–H and O–H groups in total. The van der Waals surface area contributed by atoms with Crippen LogP contribution in [0.4, 0.5) is 5.69 Å². The Hall–Kier alpha value is -3.77. The molecule has 0 saturated heterocycles. The van der Waals surface area contributed by atoms with Gasteiger partial charge in [-0.05, 0) is 11.6 Å². The number of rotatable bonds is 3. The third kappa shape index (κ3) is 3.09. The fourth-order valence-electron chi connectivity index (χ4n) is 2.87. The van der Waals surface area contributed by atoms with Crippen molar-refractivity contribution in [3.8, 4) is 33.8 Å². The Morgan fingerprint density at radius 2 is 1.27 bits per heavy atom. The normalized spacial score (nSPS) is 10.3. The maximum absolute atomic E-state index is 7.22. The summed E-state index contributed by atoms with van der Waals surface area (Å²) in [6.45, 7) is 7.22. The van der Waals surface area contributed by atoms with E-state index in [1.165, 1.54) is 0 Å². The molecule has 0 aliphatic carbocycles. The first-order valence-corrected chi connectivity index (χ1v) is 8.31. The van der Waals surface area contributed by atoms with E-state index < -0.39 is 0 Å². The number of nitrogens with zero attached hydrogens (tertiary/aromatic N) is 3. The van der Waals surface area contributed by atoms with Gasteiger partial charge in [0.2, 0.25) is 0 Å². The minimum atomic E-state index is 0.595. The summed E-state index contributed by atoms with van der Waals surface area (Å²) in [6.07, 6.45) is 1.78. The Kier molecular flexibility index (Phi) is 4.24. The van der Waals surface area contributed by atoms with E-state index in [1.807, 2.05) is 78.9 Å². The van der Waals surface area contributed by atoms with E-state index >= 15 is 0 Å². The fraction of sp³-hybridized carbons (Fsp3) is 0. The van der Waals surface area contributed by atoms with E-state index in [0.29, 0.717) is 5.69 Å². The smallest absolute Gasteiger partial charge is 0.187 e. The highest BCUT2D eigenvalue weighted by molar-refractivity contribution is 5.80. The van der Waals surface area contributed by atoms with E-state index in [2.05, 4.69) is 4.85 Å². The van der Waals surface area contributed by atoms with E-state index in [1.54, 1.807) is 12.3 Å². The van der Waals surface area contributed by atoms with Crippen LogP contribution in [0.15, 0.2) is 91.1 Å². The number of hydrogen-bond donors (Lipinski definition) is 0. The molecule has 1 aromatic heterocycles. The molecule has 4 aromatic rings. The molecule has 26 heavy (non-hydrogen) atoms. The molecule has 0 spiro atoms. The molecule has 0 amide bonds. The summed E-state index contributed by atoms with van der Waals surface area (Å²) in [6, 6.07) is 27.6. The van der Waals surface area contributed by atoms with Gasteiger partial charge in [0, 0.05) is 11.1 Å². The maximum atomic E-state index is 7.22. The molecule has 3 heteroatoms. The third-order valence-electron chi connectivity index (χ3n) is 4.14. The summed E-state index contributed by atoms with van der Waals surface area (Å²) in [5.74, 6) is 0. The van der Waals surface area contributed by atoms with Crippen molar-refractivity contribution >= 4 is 5.69 Å². The Labute approximate surface area is 152 Å². The van der Waals surface area contributed by atoms with Gasteiger partial charge in [0.25, 0.3) is 0 Å². The van der Waals surface area contributed by atoms with Crippen LogP contribution in [0.1, 0.15) is 0 Å². The maximum Gasteiger partial charge on any atom is 0.187 e. The van der Waals surface area contributed by atoms with Crippen molar-refractivity contribution in [1.82, 2.24) is 9.97 Å². The quantitative estimate of drug-likeness (QED) is 0.429. The average molecular weight is 333 g/mol. The second-order valence-electron chi connectivity index (χ2n) is 5.85. The van der Waals surface area contributed by atoms with Crippen LogP contribution in [0.2, 0.25) is 0 Å². The predicted octanol–water partition coefficient (Wildman–Crippen LogP) is 6.03. The number of benzene rings is 3. The molecule has 0 radical (unpaired) electrons. The first kappa shape index (κ1) is 15.7. The molecular weight excluding hydrogens is 318 g/mol. The lowest BCUT2D eigenvalue weighted by atomic mass is 10.0. The first-order valence-electron chi connectivity index (χ1n) is 8.31. The van der Waals surface area contributed by atoms with Gasteiger partial charge in [-0.25, -0.2) is 9.83 Å². The van der Waals surface area contributed by atoms with Gasteiger partial charge in [-0.2, -0.15) is 0 Å². The van der Waals surface area contributed by atoms with Crippen molar-refractivity contribution in [3.05, 3.63) is 103 Å². The van der Waals surface area contributed by atoms with Crippen molar-refractivity contribution in [2.75, 3.05) is 0 Å².